The molecular weight excluding hydrogens is 234 g/mol. The molecule has 1 atom stereocenters. The Bertz CT molecular complexity index is 250. The Balaban J connectivity index is 2.41. The minimum Gasteiger partial charge on any atom is -0.491 e. The van der Waals surface area contributed by atoms with E-state index in [1.54, 1.807) is 0 Å². The lowest BCUT2D eigenvalue weighted by atomic mass is 10.3. The molecule has 0 saturated carbocycles. The fraction of sp³-hybridized carbons (Fsp3) is 0.333. The standard InChI is InChI=1S/C9H12BrNO2/c10-7-1-3-9(4-2-7)13-6-8(12)5-11/h1-4,8,12H,5-6,11H2. The minimum atomic E-state index is -0.594. The van der Waals surface area contributed by atoms with Gasteiger partial charge in [-0.3, -0.25) is 0 Å². The summed E-state index contributed by atoms with van der Waals surface area (Å²) >= 11 is 3.31. The summed E-state index contributed by atoms with van der Waals surface area (Å²) in [7, 11) is 0. The van der Waals surface area contributed by atoms with Gasteiger partial charge in [-0.2, -0.15) is 0 Å². The normalized spacial score (nSPS) is 12.5. The third kappa shape index (κ3) is 3.76. The molecule has 0 bridgehead atoms. The van der Waals surface area contributed by atoms with E-state index in [2.05, 4.69) is 15.9 Å². The van der Waals surface area contributed by atoms with Gasteiger partial charge in [0.05, 0.1) is 0 Å². The highest BCUT2D eigenvalue weighted by Gasteiger charge is 2.01. The predicted octanol–water partition coefficient (Wildman–Crippen LogP) is 1.15. The van der Waals surface area contributed by atoms with Crippen LogP contribution in [0.5, 0.6) is 5.75 Å². The highest BCUT2D eigenvalue weighted by Crippen LogP contribution is 2.15. The molecule has 4 heteroatoms. The predicted molar refractivity (Wildman–Crippen MR) is 54.7 cm³/mol. The Morgan fingerprint density at radius 3 is 2.54 bits per heavy atom. The third-order valence-corrected chi connectivity index (χ3v) is 2.06. The van der Waals surface area contributed by atoms with Crippen LogP contribution in [0.2, 0.25) is 0 Å². The second-order valence-electron chi connectivity index (χ2n) is 2.65. The van der Waals surface area contributed by atoms with Gasteiger partial charge in [0.25, 0.3) is 0 Å². The molecule has 0 amide bonds. The summed E-state index contributed by atoms with van der Waals surface area (Å²) < 4.78 is 6.26. The summed E-state index contributed by atoms with van der Waals surface area (Å²) in [5.41, 5.74) is 5.22. The van der Waals surface area contributed by atoms with Crippen molar-refractivity contribution in [1.82, 2.24) is 0 Å². The van der Waals surface area contributed by atoms with Crippen LogP contribution in [-0.2, 0) is 0 Å². The molecule has 0 aliphatic rings. The van der Waals surface area contributed by atoms with Gasteiger partial charge in [-0.1, -0.05) is 15.9 Å². The Morgan fingerprint density at radius 1 is 1.38 bits per heavy atom. The van der Waals surface area contributed by atoms with Gasteiger partial charge < -0.3 is 15.6 Å². The molecular formula is C9H12BrNO2. The molecule has 1 unspecified atom stereocenters. The maximum atomic E-state index is 9.11. The van der Waals surface area contributed by atoms with E-state index in [1.807, 2.05) is 24.3 Å². The number of aliphatic hydroxyl groups is 1. The summed E-state index contributed by atoms with van der Waals surface area (Å²) in [4.78, 5) is 0. The maximum Gasteiger partial charge on any atom is 0.119 e. The number of halogens is 1. The zero-order valence-corrected chi connectivity index (χ0v) is 8.70. The zero-order valence-electron chi connectivity index (χ0n) is 7.11. The van der Waals surface area contributed by atoms with E-state index in [0.717, 1.165) is 10.2 Å². The Labute approximate surface area is 85.6 Å². The van der Waals surface area contributed by atoms with E-state index < -0.39 is 6.10 Å². The van der Waals surface area contributed by atoms with Crippen LogP contribution >= 0.6 is 15.9 Å². The first-order valence-electron chi connectivity index (χ1n) is 3.99. The Kier molecular flexibility index (Phi) is 4.21. The van der Waals surface area contributed by atoms with Crippen LogP contribution in [0.25, 0.3) is 0 Å². The van der Waals surface area contributed by atoms with Crippen molar-refractivity contribution in [3.05, 3.63) is 28.7 Å². The number of ether oxygens (including phenoxy) is 1. The first kappa shape index (κ1) is 10.5. The van der Waals surface area contributed by atoms with Crippen LogP contribution in [0.3, 0.4) is 0 Å². The quantitative estimate of drug-likeness (QED) is 0.837. The molecule has 3 N–H and O–H groups in total. The zero-order chi connectivity index (χ0) is 9.68. The number of benzene rings is 1. The van der Waals surface area contributed by atoms with Crippen LogP contribution in [0.15, 0.2) is 28.7 Å². The summed E-state index contributed by atoms with van der Waals surface area (Å²) in [5, 5.41) is 9.11. The van der Waals surface area contributed by atoms with Crippen LogP contribution in [0.1, 0.15) is 0 Å². The number of hydrogen-bond acceptors (Lipinski definition) is 3. The summed E-state index contributed by atoms with van der Waals surface area (Å²) in [6.07, 6.45) is -0.594. The Hall–Kier alpha value is -0.580. The van der Waals surface area contributed by atoms with E-state index in [9.17, 15) is 0 Å². The molecule has 72 valence electrons. The number of nitrogens with two attached hydrogens (primary N) is 1. The summed E-state index contributed by atoms with van der Waals surface area (Å²) in [5.74, 6) is 0.732. The van der Waals surface area contributed by atoms with Crippen LogP contribution < -0.4 is 10.5 Å². The first-order chi connectivity index (χ1) is 6.22. The molecule has 13 heavy (non-hydrogen) atoms. The van der Waals surface area contributed by atoms with Crippen LogP contribution in [-0.4, -0.2) is 24.4 Å². The lowest BCUT2D eigenvalue weighted by molar-refractivity contribution is 0.114. The highest BCUT2D eigenvalue weighted by molar-refractivity contribution is 9.10. The van der Waals surface area contributed by atoms with E-state index in [-0.39, 0.29) is 13.2 Å². The fourth-order valence-electron chi connectivity index (χ4n) is 0.791. The molecule has 0 aliphatic carbocycles. The van der Waals surface area contributed by atoms with Crippen molar-refractivity contribution in [3.8, 4) is 5.75 Å². The Morgan fingerprint density at radius 2 is 2.00 bits per heavy atom. The maximum absolute atomic E-state index is 9.11. The third-order valence-electron chi connectivity index (χ3n) is 1.53. The number of aliphatic hydroxyl groups excluding tert-OH is 1. The second-order valence-corrected chi connectivity index (χ2v) is 3.57. The van der Waals surface area contributed by atoms with Crippen molar-refractivity contribution < 1.29 is 9.84 Å². The lowest BCUT2D eigenvalue weighted by Crippen LogP contribution is -2.26. The van der Waals surface area contributed by atoms with E-state index >= 15 is 0 Å². The van der Waals surface area contributed by atoms with Gasteiger partial charge in [-0.15, -0.1) is 0 Å². The average Bonchev–Trinajstić information content (AvgIpc) is 2.16. The molecule has 0 aliphatic heterocycles. The van der Waals surface area contributed by atoms with Gasteiger partial charge in [0.2, 0.25) is 0 Å². The van der Waals surface area contributed by atoms with Crippen molar-refractivity contribution >= 4 is 15.9 Å². The van der Waals surface area contributed by atoms with Gasteiger partial charge in [0.15, 0.2) is 0 Å². The molecule has 0 aromatic heterocycles. The topological polar surface area (TPSA) is 55.5 Å². The minimum absolute atomic E-state index is 0.219. The number of rotatable bonds is 4. The molecule has 1 aromatic rings. The summed E-state index contributed by atoms with van der Waals surface area (Å²) in [6.45, 7) is 0.453. The van der Waals surface area contributed by atoms with Crippen LogP contribution in [0, 0.1) is 0 Å². The number of hydrogen-bond donors (Lipinski definition) is 2. The van der Waals surface area contributed by atoms with Crippen molar-refractivity contribution in [1.29, 1.82) is 0 Å². The van der Waals surface area contributed by atoms with Gasteiger partial charge in [-0.25, -0.2) is 0 Å². The molecule has 3 nitrogen and oxygen atoms in total. The SMILES string of the molecule is NCC(O)COc1ccc(Br)cc1. The first-order valence-corrected chi connectivity index (χ1v) is 4.78. The monoisotopic (exact) mass is 245 g/mol. The van der Waals surface area contributed by atoms with Gasteiger partial charge in [0.1, 0.15) is 18.5 Å². The second kappa shape index (κ2) is 5.21. The molecule has 1 rings (SSSR count). The largest absolute Gasteiger partial charge is 0.491 e. The van der Waals surface area contributed by atoms with E-state index in [4.69, 9.17) is 15.6 Å². The van der Waals surface area contributed by atoms with Gasteiger partial charge in [0, 0.05) is 11.0 Å². The van der Waals surface area contributed by atoms with Crippen molar-refractivity contribution in [2.24, 2.45) is 5.73 Å². The van der Waals surface area contributed by atoms with Crippen molar-refractivity contribution in [2.75, 3.05) is 13.2 Å². The van der Waals surface area contributed by atoms with Crippen LogP contribution in [0.4, 0.5) is 0 Å². The highest BCUT2D eigenvalue weighted by atomic mass is 79.9. The van der Waals surface area contributed by atoms with Gasteiger partial charge >= 0.3 is 0 Å². The fourth-order valence-corrected chi connectivity index (χ4v) is 1.06. The van der Waals surface area contributed by atoms with E-state index in [0.29, 0.717) is 0 Å². The molecule has 0 saturated heterocycles. The molecule has 0 fully saturated rings. The van der Waals surface area contributed by atoms with Crippen molar-refractivity contribution in [3.63, 3.8) is 0 Å². The smallest absolute Gasteiger partial charge is 0.119 e. The lowest BCUT2D eigenvalue weighted by Gasteiger charge is -2.09. The van der Waals surface area contributed by atoms with Crippen molar-refractivity contribution in [2.45, 2.75) is 6.10 Å². The van der Waals surface area contributed by atoms with E-state index in [1.165, 1.54) is 0 Å². The summed E-state index contributed by atoms with van der Waals surface area (Å²) in [6, 6.07) is 7.41. The molecule has 0 radical (unpaired) electrons. The van der Waals surface area contributed by atoms with Gasteiger partial charge in [-0.05, 0) is 24.3 Å². The average molecular weight is 246 g/mol. The molecule has 0 spiro atoms. The molecule has 0 heterocycles. The molecule has 1 aromatic carbocycles.